The van der Waals surface area contributed by atoms with Crippen molar-refractivity contribution in [3.63, 3.8) is 0 Å². The lowest BCUT2D eigenvalue weighted by atomic mass is 10.1. The zero-order valence-corrected chi connectivity index (χ0v) is 12.8. The van der Waals surface area contributed by atoms with Crippen molar-refractivity contribution >= 4 is 39.1 Å². The maximum atomic E-state index is 13.5. The molecule has 2 rings (SSSR count). The summed E-state index contributed by atoms with van der Waals surface area (Å²) in [4.78, 5) is 11.8. The average molecular weight is 357 g/mol. The summed E-state index contributed by atoms with van der Waals surface area (Å²) in [5.41, 5.74) is 1.19. The number of amides is 1. The van der Waals surface area contributed by atoms with Gasteiger partial charge in [-0.3, -0.25) is 4.79 Å². The van der Waals surface area contributed by atoms with Gasteiger partial charge in [0, 0.05) is 15.9 Å². The van der Waals surface area contributed by atoms with Crippen LogP contribution in [0.15, 0.2) is 46.9 Å². The fraction of sp³-hybridized carbons (Fsp3) is 0.133. The number of hydrogen-bond acceptors (Lipinski definition) is 1. The number of hydrogen-bond donors (Lipinski definition) is 1. The number of carbonyl (C=O) groups excluding carboxylic acids is 1. The number of anilines is 1. The van der Waals surface area contributed by atoms with E-state index in [1.54, 1.807) is 0 Å². The van der Waals surface area contributed by atoms with Crippen LogP contribution in [0.5, 0.6) is 0 Å². The Labute approximate surface area is 130 Å². The molecule has 0 saturated carbocycles. The van der Waals surface area contributed by atoms with Gasteiger partial charge in [0.05, 0.1) is 5.69 Å². The van der Waals surface area contributed by atoms with E-state index in [-0.39, 0.29) is 18.0 Å². The van der Waals surface area contributed by atoms with E-state index in [9.17, 15) is 9.18 Å². The highest BCUT2D eigenvalue weighted by Crippen LogP contribution is 2.20. The van der Waals surface area contributed by atoms with Crippen LogP contribution in [0.4, 0.5) is 10.1 Å². The first kappa shape index (κ1) is 15.0. The lowest BCUT2D eigenvalue weighted by molar-refractivity contribution is -0.116. The van der Waals surface area contributed by atoms with Gasteiger partial charge >= 0.3 is 0 Å². The Balaban J connectivity index is 1.94. The maximum absolute atomic E-state index is 13.5. The van der Waals surface area contributed by atoms with Crippen molar-refractivity contribution in [2.45, 2.75) is 12.8 Å². The number of rotatable bonds is 4. The van der Waals surface area contributed by atoms with Gasteiger partial charge in [-0.05, 0) is 36.2 Å². The van der Waals surface area contributed by atoms with Gasteiger partial charge in [-0.2, -0.15) is 0 Å². The Morgan fingerprint density at radius 1 is 1.25 bits per heavy atom. The van der Waals surface area contributed by atoms with Crippen LogP contribution >= 0.6 is 27.5 Å². The predicted molar refractivity (Wildman–Crippen MR) is 82.5 cm³/mol. The van der Waals surface area contributed by atoms with Crippen molar-refractivity contribution in [2.24, 2.45) is 0 Å². The van der Waals surface area contributed by atoms with Gasteiger partial charge in [-0.25, -0.2) is 4.39 Å². The topological polar surface area (TPSA) is 29.1 Å². The zero-order valence-electron chi connectivity index (χ0n) is 10.5. The summed E-state index contributed by atoms with van der Waals surface area (Å²) in [7, 11) is 0. The van der Waals surface area contributed by atoms with Crippen LogP contribution in [0, 0.1) is 5.82 Å². The molecule has 0 aliphatic rings. The first-order valence-electron chi connectivity index (χ1n) is 6.04. The molecule has 0 aromatic heterocycles. The third-order valence-corrected chi connectivity index (χ3v) is 3.79. The lowest BCUT2D eigenvalue weighted by Gasteiger charge is -2.07. The Morgan fingerprint density at radius 3 is 2.70 bits per heavy atom. The minimum atomic E-state index is -0.535. The molecule has 0 aliphatic heterocycles. The summed E-state index contributed by atoms with van der Waals surface area (Å²) in [5.74, 6) is -0.770. The van der Waals surface area contributed by atoms with Crippen molar-refractivity contribution in [1.82, 2.24) is 0 Å². The molecule has 0 saturated heterocycles. The molecular weight excluding hydrogens is 345 g/mol. The number of aryl methyl sites for hydroxylation is 1. The molecule has 0 heterocycles. The van der Waals surface area contributed by atoms with Gasteiger partial charge in [0.1, 0.15) is 5.82 Å². The first-order valence-corrected chi connectivity index (χ1v) is 7.21. The summed E-state index contributed by atoms with van der Waals surface area (Å²) in [5, 5.41) is 2.84. The number of nitrogens with one attached hydrogen (secondary N) is 1. The van der Waals surface area contributed by atoms with Crippen molar-refractivity contribution in [3.05, 3.63) is 63.3 Å². The van der Waals surface area contributed by atoms with Crippen LogP contribution in [-0.2, 0) is 11.2 Å². The summed E-state index contributed by atoms with van der Waals surface area (Å²) in [6.45, 7) is 0. The van der Waals surface area contributed by atoms with Crippen LogP contribution < -0.4 is 5.32 Å². The van der Waals surface area contributed by atoms with E-state index in [1.807, 2.05) is 24.3 Å². The van der Waals surface area contributed by atoms with Crippen LogP contribution in [0.25, 0.3) is 0 Å². The molecule has 20 heavy (non-hydrogen) atoms. The summed E-state index contributed by atoms with van der Waals surface area (Å²) >= 11 is 9.08. The van der Waals surface area contributed by atoms with Crippen molar-refractivity contribution in [3.8, 4) is 0 Å². The normalized spacial score (nSPS) is 10.3. The third-order valence-electron chi connectivity index (χ3n) is 2.78. The van der Waals surface area contributed by atoms with E-state index in [1.165, 1.54) is 18.2 Å². The van der Waals surface area contributed by atoms with Gasteiger partial charge < -0.3 is 5.32 Å². The van der Waals surface area contributed by atoms with E-state index in [0.717, 1.165) is 10.0 Å². The molecule has 0 unspecified atom stereocenters. The minimum Gasteiger partial charge on any atom is -0.324 e. The molecule has 1 amide bonds. The molecule has 2 aromatic carbocycles. The van der Waals surface area contributed by atoms with Gasteiger partial charge in [-0.1, -0.05) is 45.7 Å². The van der Waals surface area contributed by atoms with Gasteiger partial charge in [0.15, 0.2) is 0 Å². The second-order valence-corrected chi connectivity index (χ2v) is 5.55. The van der Waals surface area contributed by atoms with Crippen LogP contribution in [-0.4, -0.2) is 5.91 Å². The Hall–Kier alpha value is -1.39. The SMILES string of the molecule is O=C(CCc1ccccc1Br)Nc1ccc(Cl)cc1F. The highest BCUT2D eigenvalue weighted by atomic mass is 79.9. The molecule has 0 spiro atoms. The van der Waals surface area contributed by atoms with Gasteiger partial charge in [0.25, 0.3) is 0 Å². The van der Waals surface area contributed by atoms with E-state index < -0.39 is 5.82 Å². The van der Waals surface area contributed by atoms with Crippen molar-refractivity contribution in [2.75, 3.05) is 5.32 Å². The fourth-order valence-corrected chi connectivity index (χ4v) is 2.39. The molecule has 0 atom stereocenters. The third kappa shape index (κ3) is 4.05. The zero-order chi connectivity index (χ0) is 14.5. The molecule has 2 aromatic rings. The van der Waals surface area contributed by atoms with Gasteiger partial charge in [-0.15, -0.1) is 0 Å². The second kappa shape index (κ2) is 6.86. The molecule has 2 nitrogen and oxygen atoms in total. The smallest absolute Gasteiger partial charge is 0.224 e. The summed E-state index contributed by atoms with van der Waals surface area (Å²) in [6, 6.07) is 11.9. The highest BCUT2D eigenvalue weighted by molar-refractivity contribution is 9.10. The van der Waals surface area contributed by atoms with Crippen LogP contribution in [0.2, 0.25) is 5.02 Å². The van der Waals surface area contributed by atoms with E-state index in [2.05, 4.69) is 21.2 Å². The predicted octanol–water partition coefficient (Wildman–Crippen LogP) is 4.81. The molecule has 104 valence electrons. The first-order chi connectivity index (χ1) is 9.56. The number of carbonyl (C=O) groups is 1. The fourth-order valence-electron chi connectivity index (χ4n) is 1.75. The Morgan fingerprint density at radius 2 is 2.00 bits per heavy atom. The molecule has 0 fully saturated rings. The maximum Gasteiger partial charge on any atom is 0.224 e. The average Bonchev–Trinajstić information content (AvgIpc) is 2.41. The molecular formula is C15H12BrClFNO. The largest absolute Gasteiger partial charge is 0.324 e. The Kier molecular flexibility index (Phi) is 5.15. The summed E-state index contributed by atoms with van der Waals surface area (Å²) in [6.07, 6.45) is 0.868. The van der Waals surface area contributed by atoms with E-state index >= 15 is 0 Å². The highest BCUT2D eigenvalue weighted by Gasteiger charge is 2.08. The minimum absolute atomic E-state index is 0.145. The molecule has 0 bridgehead atoms. The monoisotopic (exact) mass is 355 g/mol. The second-order valence-electron chi connectivity index (χ2n) is 4.26. The van der Waals surface area contributed by atoms with Crippen molar-refractivity contribution < 1.29 is 9.18 Å². The van der Waals surface area contributed by atoms with E-state index in [4.69, 9.17) is 11.6 Å². The van der Waals surface area contributed by atoms with Gasteiger partial charge in [0.2, 0.25) is 5.91 Å². The standard InChI is InChI=1S/C15H12BrClFNO/c16-12-4-2-1-3-10(12)5-8-15(20)19-14-7-6-11(17)9-13(14)18/h1-4,6-7,9H,5,8H2,(H,19,20). The number of benzene rings is 2. The summed E-state index contributed by atoms with van der Waals surface area (Å²) < 4.78 is 14.5. The molecule has 0 aliphatic carbocycles. The Bertz CT molecular complexity index is 633. The molecule has 5 heteroatoms. The van der Waals surface area contributed by atoms with E-state index in [0.29, 0.717) is 11.4 Å². The number of halogens is 3. The lowest BCUT2D eigenvalue weighted by Crippen LogP contribution is -2.13. The quantitative estimate of drug-likeness (QED) is 0.836. The molecule has 0 radical (unpaired) electrons. The van der Waals surface area contributed by atoms with Crippen molar-refractivity contribution in [1.29, 1.82) is 0 Å². The van der Waals surface area contributed by atoms with Crippen LogP contribution in [0.1, 0.15) is 12.0 Å². The molecule has 1 N–H and O–H groups in total. The van der Waals surface area contributed by atoms with Crippen LogP contribution in [0.3, 0.4) is 0 Å².